The molecule has 2 aromatic heterocycles. The summed E-state index contributed by atoms with van der Waals surface area (Å²) in [5.41, 5.74) is 0. The van der Waals surface area contributed by atoms with Crippen LogP contribution in [0.25, 0.3) is 0 Å². The zero-order chi connectivity index (χ0) is 12.8. The molecule has 2 rings (SSSR count). The van der Waals surface area contributed by atoms with Crippen LogP contribution in [0, 0.1) is 0 Å². The van der Waals surface area contributed by atoms with Crippen molar-refractivity contribution in [2.24, 2.45) is 0 Å². The molecule has 0 spiro atoms. The third kappa shape index (κ3) is 3.48. The summed E-state index contributed by atoms with van der Waals surface area (Å²) < 4.78 is 1.91. The second-order valence-corrected chi connectivity index (χ2v) is 4.21. The molecule has 0 aromatic carbocycles. The lowest BCUT2D eigenvalue weighted by Crippen LogP contribution is -2.22. The first-order valence-corrected chi connectivity index (χ1v) is 6.23. The van der Waals surface area contributed by atoms with Gasteiger partial charge in [-0.1, -0.05) is 6.07 Å². The van der Waals surface area contributed by atoms with Crippen molar-refractivity contribution in [3.05, 3.63) is 36.7 Å². The number of pyridine rings is 1. The van der Waals surface area contributed by atoms with Gasteiger partial charge in [0.25, 0.3) is 0 Å². The fraction of sp³-hybridized carbons (Fsp3) is 0.385. The average molecular weight is 245 g/mol. The molecule has 0 saturated carbocycles. The van der Waals surface area contributed by atoms with Crippen molar-refractivity contribution < 1.29 is 0 Å². The minimum absolute atomic E-state index is 0.272. The van der Waals surface area contributed by atoms with Crippen LogP contribution >= 0.6 is 0 Å². The highest BCUT2D eigenvalue weighted by Gasteiger charge is 2.04. The summed E-state index contributed by atoms with van der Waals surface area (Å²) in [5, 5.41) is 10.8. The summed E-state index contributed by atoms with van der Waals surface area (Å²) in [6, 6.07) is 8.13. The molecule has 0 bridgehead atoms. The molecule has 18 heavy (non-hydrogen) atoms. The third-order valence-electron chi connectivity index (χ3n) is 2.52. The van der Waals surface area contributed by atoms with E-state index in [1.165, 1.54) is 0 Å². The van der Waals surface area contributed by atoms with E-state index in [9.17, 15) is 0 Å². The first-order chi connectivity index (χ1) is 8.78. The van der Waals surface area contributed by atoms with Gasteiger partial charge in [-0.25, -0.2) is 4.98 Å². The number of hydrogen-bond donors (Lipinski definition) is 2. The summed E-state index contributed by atoms with van der Waals surface area (Å²) >= 11 is 0. The minimum atomic E-state index is 0.272. The quantitative estimate of drug-likeness (QED) is 0.819. The van der Waals surface area contributed by atoms with E-state index in [1.807, 2.05) is 35.1 Å². The van der Waals surface area contributed by atoms with Gasteiger partial charge in [0, 0.05) is 25.0 Å². The number of nitrogens with zero attached hydrogens (tertiary/aromatic N) is 3. The van der Waals surface area contributed by atoms with E-state index in [-0.39, 0.29) is 6.04 Å². The lowest BCUT2D eigenvalue weighted by atomic mass is 10.3. The van der Waals surface area contributed by atoms with Crippen LogP contribution in [0.1, 0.15) is 13.8 Å². The van der Waals surface area contributed by atoms with Crippen LogP contribution in [0.3, 0.4) is 0 Å². The number of rotatable bonds is 6. The van der Waals surface area contributed by atoms with Gasteiger partial charge < -0.3 is 10.6 Å². The van der Waals surface area contributed by atoms with E-state index in [0.717, 1.165) is 24.7 Å². The Morgan fingerprint density at radius 2 is 2.11 bits per heavy atom. The molecule has 0 aliphatic carbocycles. The van der Waals surface area contributed by atoms with Crippen molar-refractivity contribution in [1.82, 2.24) is 14.8 Å². The van der Waals surface area contributed by atoms with E-state index in [4.69, 9.17) is 0 Å². The average Bonchev–Trinajstić information content (AvgIpc) is 2.82. The van der Waals surface area contributed by atoms with Gasteiger partial charge in [0.15, 0.2) is 0 Å². The highest BCUT2D eigenvalue weighted by Crippen LogP contribution is 2.10. The molecule has 0 fully saturated rings. The molecule has 5 heteroatoms. The summed E-state index contributed by atoms with van der Waals surface area (Å²) in [4.78, 5) is 4.48. The molecular weight excluding hydrogens is 226 g/mol. The van der Waals surface area contributed by atoms with Crippen LogP contribution in [-0.4, -0.2) is 27.4 Å². The Labute approximate surface area is 107 Å². The number of aromatic nitrogens is 3. The topological polar surface area (TPSA) is 54.8 Å². The van der Waals surface area contributed by atoms with Crippen molar-refractivity contribution in [2.45, 2.75) is 26.4 Å². The monoisotopic (exact) mass is 245 g/mol. The van der Waals surface area contributed by atoms with Crippen LogP contribution < -0.4 is 10.6 Å². The second-order valence-electron chi connectivity index (χ2n) is 4.21. The van der Waals surface area contributed by atoms with E-state index >= 15 is 0 Å². The zero-order valence-electron chi connectivity index (χ0n) is 10.8. The Hall–Kier alpha value is -2.04. The molecule has 2 N–H and O–H groups in total. The van der Waals surface area contributed by atoms with Gasteiger partial charge in [0.05, 0.1) is 6.54 Å². The van der Waals surface area contributed by atoms with Crippen molar-refractivity contribution in [2.75, 3.05) is 17.2 Å². The molecule has 1 atom stereocenters. The lowest BCUT2D eigenvalue weighted by molar-refractivity contribution is 0.560. The van der Waals surface area contributed by atoms with Gasteiger partial charge in [-0.2, -0.15) is 5.10 Å². The van der Waals surface area contributed by atoms with Crippen molar-refractivity contribution in [3.8, 4) is 0 Å². The first kappa shape index (κ1) is 12.4. The molecule has 2 aromatic rings. The van der Waals surface area contributed by atoms with Crippen LogP contribution in [0.5, 0.6) is 0 Å². The fourth-order valence-corrected chi connectivity index (χ4v) is 1.78. The Morgan fingerprint density at radius 3 is 2.83 bits per heavy atom. The Morgan fingerprint density at radius 1 is 1.28 bits per heavy atom. The van der Waals surface area contributed by atoms with E-state index in [1.54, 1.807) is 6.20 Å². The zero-order valence-corrected chi connectivity index (χ0v) is 10.8. The van der Waals surface area contributed by atoms with E-state index in [2.05, 4.69) is 34.6 Å². The smallest absolute Gasteiger partial charge is 0.128 e. The van der Waals surface area contributed by atoms with E-state index < -0.39 is 0 Å². The molecule has 0 aliphatic rings. The SMILES string of the molecule is CCNc1cccc(NC(C)Cn2cccn2)n1. The fourth-order valence-electron chi connectivity index (χ4n) is 1.78. The molecule has 0 saturated heterocycles. The van der Waals surface area contributed by atoms with E-state index in [0.29, 0.717) is 0 Å². The Balaban J connectivity index is 1.93. The van der Waals surface area contributed by atoms with Gasteiger partial charge in [0.2, 0.25) is 0 Å². The molecule has 0 aliphatic heterocycles. The molecule has 0 amide bonds. The highest BCUT2D eigenvalue weighted by molar-refractivity contribution is 5.45. The maximum absolute atomic E-state index is 4.48. The maximum Gasteiger partial charge on any atom is 0.128 e. The van der Waals surface area contributed by atoms with Crippen molar-refractivity contribution in [1.29, 1.82) is 0 Å². The molecule has 0 radical (unpaired) electrons. The summed E-state index contributed by atoms with van der Waals surface area (Å²) in [6.07, 6.45) is 3.75. The van der Waals surface area contributed by atoms with Gasteiger partial charge >= 0.3 is 0 Å². The summed E-state index contributed by atoms with van der Waals surface area (Å²) in [5.74, 6) is 1.78. The molecule has 1 unspecified atom stereocenters. The van der Waals surface area contributed by atoms with Gasteiger partial charge in [-0.05, 0) is 32.0 Å². The Kier molecular flexibility index (Phi) is 4.17. The van der Waals surface area contributed by atoms with Gasteiger partial charge in [-0.15, -0.1) is 0 Å². The largest absolute Gasteiger partial charge is 0.370 e. The number of nitrogens with one attached hydrogen (secondary N) is 2. The van der Waals surface area contributed by atoms with Crippen LogP contribution in [-0.2, 0) is 6.54 Å². The number of anilines is 2. The predicted molar refractivity (Wildman–Crippen MR) is 73.7 cm³/mol. The standard InChI is InChI=1S/C13H19N5/c1-3-14-12-6-4-7-13(17-12)16-11(2)10-18-9-5-8-15-18/h4-9,11H,3,10H2,1-2H3,(H2,14,16,17). The van der Waals surface area contributed by atoms with Gasteiger partial charge in [0.1, 0.15) is 11.6 Å². The van der Waals surface area contributed by atoms with Gasteiger partial charge in [-0.3, -0.25) is 4.68 Å². The Bertz CT molecular complexity index is 466. The molecule has 96 valence electrons. The minimum Gasteiger partial charge on any atom is -0.370 e. The normalized spacial score (nSPS) is 12.1. The molecular formula is C13H19N5. The summed E-state index contributed by atoms with van der Waals surface area (Å²) in [6.45, 7) is 5.87. The van der Waals surface area contributed by atoms with Crippen LogP contribution in [0.15, 0.2) is 36.7 Å². The first-order valence-electron chi connectivity index (χ1n) is 6.23. The maximum atomic E-state index is 4.48. The lowest BCUT2D eigenvalue weighted by Gasteiger charge is -2.15. The second kappa shape index (κ2) is 6.05. The molecule has 5 nitrogen and oxygen atoms in total. The summed E-state index contributed by atoms with van der Waals surface area (Å²) in [7, 11) is 0. The van der Waals surface area contributed by atoms with Crippen LogP contribution in [0.2, 0.25) is 0 Å². The predicted octanol–water partition coefficient (Wildman–Crippen LogP) is 2.21. The van der Waals surface area contributed by atoms with Crippen LogP contribution in [0.4, 0.5) is 11.6 Å². The number of hydrogen-bond acceptors (Lipinski definition) is 4. The van der Waals surface area contributed by atoms with Crippen molar-refractivity contribution in [3.63, 3.8) is 0 Å². The third-order valence-corrected chi connectivity index (χ3v) is 2.52. The van der Waals surface area contributed by atoms with Crippen molar-refractivity contribution >= 4 is 11.6 Å². The highest BCUT2D eigenvalue weighted by atomic mass is 15.3. The molecule has 2 heterocycles.